The molecule has 0 spiro atoms. The van der Waals surface area contributed by atoms with Crippen LogP contribution in [-0.4, -0.2) is 31.3 Å². The molecular formula is C16H25ClN2O. The van der Waals surface area contributed by atoms with Gasteiger partial charge in [-0.25, -0.2) is 0 Å². The molecule has 0 aromatic heterocycles. The van der Waals surface area contributed by atoms with E-state index in [9.17, 15) is 0 Å². The molecule has 0 bridgehead atoms. The van der Waals surface area contributed by atoms with E-state index >= 15 is 0 Å². The molecule has 2 rings (SSSR count). The molecule has 1 N–H and O–H groups in total. The average molecular weight is 297 g/mol. The van der Waals surface area contributed by atoms with Crippen LogP contribution in [0.1, 0.15) is 33.3 Å². The van der Waals surface area contributed by atoms with Crippen molar-refractivity contribution in [1.29, 1.82) is 0 Å². The molecule has 1 aliphatic heterocycles. The highest BCUT2D eigenvalue weighted by Gasteiger charge is 2.22. The lowest BCUT2D eigenvalue weighted by atomic mass is 10.1. The highest BCUT2D eigenvalue weighted by molar-refractivity contribution is 6.33. The lowest BCUT2D eigenvalue weighted by Gasteiger charge is -2.35. The minimum absolute atomic E-state index is 0.0951. The molecule has 1 heterocycles. The van der Waals surface area contributed by atoms with Crippen LogP contribution in [0, 0.1) is 0 Å². The normalized spacial score (nSPS) is 20.2. The first-order chi connectivity index (χ1) is 9.37. The summed E-state index contributed by atoms with van der Waals surface area (Å²) in [5.41, 5.74) is 2.50. The third-order valence-electron chi connectivity index (χ3n) is 3.44. The predicted molar refractivity (Wildman–Crippen MR) is 85.7 cm³/mol. The van der Waals surface area contributed by atoms with Crippen LogP contribution in [-0.2, 0) is 11.3 Å². The zero-order valence-electron chi connectivity index (χ0n) is 12.9. The minimum atomic E-state index is 0.0951. The van der Waals surface area contributed by atoms with E-state index in [0.29, 0.717) is 0 Å². The summed E-state index contributed by atoms with van der Waals surface area (Å²) in [7, 11) is 0. The van der Waals surface area contributed by atoms with Crippen molar-refractivity contribution in [1.82, 2.24) is 5.32 Å². The maximum absolute atomic E-state index is 6.45. The van der Waals surface area contributed by atoms with Crippen LogP contribution >= 0.6 is 11.6 Å². The van der Waals surface area contributed by atoms with Crippen LogP contribution in [0.4, 0.5) is 5.69 Å². The number of rotatable bonds is 3. The number of benzene rings is 1. The summed E-state index contributed by atoms with van der Waals surface area (Å²) in [5.74, 6) is 0. The third kappa shape index (κ3) is 4.11. The molecule has 1 saturated heterocycles. The SMILES string of the molecule is CC1CN(c2c(Cl)cccc2CNC(C)(C)C)CCO1. The van der Waals surface area contributed by atoms with Gasteiger partial charge in [-0.2, -0.15) is 0 Å². The second-order valence-electron chi connectivity index (χ2n) is 6.48. The summed E-state index contributed by atoms with van der Waals surface area (Å²) in [6, 6.07) is 6.15. The number of ether oxygens (including phenoxy) is 1. The van der Waals surface area contributed by atoms with E-state index in [4.69, 9.17) is 16.3 Å². The van der Waals surface area contributed by atoms with Crippen molar-refractivity contribution in [3.8, 4) is 0 Å². The Morgan fingerprint density at radius 1 is 1.40 bits per heavy atom. The standard InChI is InChI=1S/C16H25ClN2O/c1-12-11-19(8-9-20-12)15-13(6-5-7-14(15)17)10-18-16(2,3)4/h5-7,12,18H,8-11H2,1-4H3. The van der Waals surface area contributed by atoms with E-state index in [0.717, 1.165) is 37.0 Å². The van der Waals surface area contributed by atoms with Gasteiger partial charge in [0.1, 0.15) is 0 Å². The van der Waals surface area contributed by atoms with E-state index in [1.165, 1.54) is 5.56 Å². The molecule has 0 radical (unpaired) electrons. The summed E-state index contributed by atoms with van der Waals surface area (Å²) >= 11 is 6.45. The zero-order valence-corrected chi connectivity index (χ0v) is 13.6. The van der Waals surface area contributed by atoms with Crippen molar-refractivity contribution in [2.24, 2.45) is 0 Å². The Bertz CT molecular complexity index is 456. The molecule has 112 valence electrons. The summed E-state index contributed by atoms with van der Waals surface area (Å²) in [5, 5.41) is 4.37. The second kappa shape index (κ2) is 6.33. The van der Waals surface area contributed by atoms with Crippen LogP contribution in [0.25, 0.3) is 0 Å². The van der Waals surface area contributed by atoms with Crippen molar-refractivity contribution in [2.75, 3.05) is 24.6 Å². The smallest absolute Gasteiger partial charge is 0.0722 e. The van der Waals surface area contributed by atoms with Crippen molar-refractivity contribution >= 4 is 17.3 Å². The Hall–Kier alpha value is -0.770. The van der Waals surface area contributed by atoms with E-state index < -0.39 is 0 Å². The zero-order chi connectivity index (χ0) is 14.8. The van der Waals surface area contributed by atoms with Gasteiger partial charge in [0.15, 0.2) is 0 Å². The van der Waals surface area contributed by atoms with Crippen LogP contribution in [0.3, 0.4) is 0 Å². The summed E-state index contributed by atoms with van der Waals surface area (Å²) < 4.78 is 5.62. The molecular weight excluding hydrogens is 272 g/mol. The number of nitrogens with one attached hydrogen (secondary N) is 1. The Balaban J connectivity index is 2.21. The largest absolute Gasteiger partial charge is 0.375 e. The summed E-state index contributed by atoms with van der Waals surface area (Å²) in [4.78, 5) is 2.34. The molecule has 20 heavy (non-hydrogen) atoms. The molecule has 0 saturated carbocycles. The van der Waals surface area contributed by atoms with Crippen LogP contribution in [0.15, 0.2) is 18.2 Å². The number of anilines is 1. The lowest BCUT2D eigenvalue weighted by molar-refractivity contribution is 0.0531. The van der Waals surface area contributed by atoms with Crippen molar-refractivity contribution < 1.29 is 4.74 Å². The number of para-hydroxylation sites is 1. The van der Waals surface area contributed by atoms with Crippen molar-refractivity contribution in [2.45, 2.75) is 45.9 Å². The van der Waals surface area contributed by atoms with Crippen LogP contribution in [0.2, 0.25) is 5.02 Å². The predicted octanol–water partition coefficient (Wildman–Crippen LogP) is 3.45. The molecule has 1 fully saturated rings. The van der Waals surface area contributed by atoms with E-state index in [2.05, 4.69) is 44.0 Å². The van der Waals surface area contributed by atoms with E-state index in [-0.39, 0.29) is 11.6 Å². The van der Waals surface area contributed by atoms with Gasteiger partial charge in [0.2, 0.25) is 0 Å². The van der Waals surface area contributed by atoms with Crippen molar-refractivity contribution in [3.63, 3.8) is 0 Å². The average Bonchev–Trinajstić information content (AvgIpc) is 2.35. The number of halogens is 1. The minimum Gasteiger partial charge on any atom is -0.375 e. The van der Waals surface area contributed by atoms with Gasteiger partial charge in [-0.15, -0.1) is 0 Å². The first-order valence-corrected chi connectivity index (χ1v) is 7.63. The second-order valence-corrected chi connectivity index (χ2v) is 6.89. The maximum atomic E-state index is 6.45. The van der Waals surface area contributed by atoms with Gasteiger partial charge in [-0.1, -0.05) is 23.7 Å². The molecule has 3 nitrogen and oxygen atoms in total. The first kappa shape index (κ1) is 15.6. The van der Waals surface area contributed by atoms with E-state index in [1.807, 2.05) is 12.1 Å². The Morgan fingerprint density at radius 3 is 2.80 bits per heavy atom. The fourth-order valence-corrected chi connectivity index (χ4v) is 2.75. The summed E-state index contributed by atoms with van der Waals surface area (Å²) in [6.45, 7) is 12.0. The number of nitrogens with zero attached hydrogens (tertiary/aromatic N) is 1. The highest BCUT2D eigenvalue weighted by atomic mass is 35.5. The molecule has 0 aliphatic carbocycles. The van der Waals surface area contributed by atoms with Gasteiger partial charge in [-0.05, 0) is 39.3 Å². The van der Waals surface area contributed by atoms with Gasteiger partial charge in [-0.3, -0.25) is 0 Å². The molecule has 4 heteroatoms. The third-order valence-corrected chi connectivity index (χ3v) is 3.74. The van der Waals surface area contributed by atoms with Crippen LogP contribution < -0.4 is 10.2 Å². The quantitative estimate of drug-likeness (QED) is 0.924. The first-order valence-electron chi connectivity index (χ1n) is 7.26. The van der Waals surface area contributed by atoms with Gasteiger partial charge in [0.05, 0.1) is 23.4 Å². The fraction of sp³-hybridized carbons (Fsp3) is 0.625. The van der Waals surface area contributed by atoms with E-state index in [1.54, 1.807) is 0 Å². The number of hydrogen-bond acceptors (Lipinski definition) is 3. The molecule has 1 aromatic rings. The maximum Gasteiger partial charge on any atom is 0.0722 e. The monoisotopic (exact) mass is 296 g/mol. The molecule has 0 amide bonds. The number of morpholine rings is 1. The van der Waals surface area contributed by atoms with Crippen LogP contribution in [0.5, 0.6) is 0 Å². The summed E-state index contributed by atoms with van der Waals surface area (Å²) in [6.07, 6.45) is 0.253. The Morgan fingerprint density at radius 2 is 2.15 bits per heavy atom. The van der Waals surface area contributed by atoms with Gasteiger partial charge >= 0.3 is 0 Å². The van der Waals surface area contributed by atoms with Gasteiger partial charge in [0, 0.05) is 25.2 Å². The lowest BCUT2D eigenvalue weighted by Crippen LogP contribution is -2.42. The van der Waals surface area contributed by atoms with Gasteiger partial charge < -0.3 is 15.0 Å². The topological polar surface area (TPSA) is 24.5 Å². The fourth-order valence-electron chi connectivity index (χ4n) is 2.44. The van der Waals surface area contributed by atoms with Crippen molar-refractivity contribution in [3.05, 3.63) is 28.8 Å². The number of hydrogen-bond donors (Lipinski definition) is 1. The van der Waals surface area contributed by atoms with Gasteiger partial charge in [0.25, 0.3) is 0 Å². The molecule has 1 atom stereocenters. The molecule has 1 unspecified atom stereocenters. The molecule has 1 aromatic carbocycles. The Labute approximate surface area is 127 Å². The molecule has 1 aliphatic rings. The Kier molecular flexibility index (Phi) is 4.95. The highest BCUT2D eigenvalue weighted by Crippen LogP contribution is 2.31.